The third-order valence-electron chi connectivity index (χ3n) is 4.95. The van der Waals surface area contributed by atoms with Gasteiger partial charge in [0.1, 0.15) is 23.1 Å². The number of hydrogen-bond donors (Lipinski definition) is 1. The van der Waals surface area contributed by atoms with E-state index in [1.807, 2.05) is 60.1 Å². The van der Waals surface area contributed by atoms with Crippen LogP contribution in [0.3, 0.4) is 0 Å². The van der Waals surface area contributed by atoms with E-state index in [2.05, 4.69) is 20.4 Å². The largest absolute Gasteiger partial charge is 0.364 e. The average molecular weight is 416 g/mol. The van der Waals surface area contributed by atoms with Crippen LogP contribution in [0.15, 0.2) is 73.2 Å². The Labute approximate surface area is 176 Å². The number of anilines is 1. The molecule has 0 atom stereocenters. The highest BCUT2D eigenvalue weighted by atomic mass is 19.1. The fourth-order valence-electron chi connectivity index (χ4n) is 3.43. The minimum absolute atomic E-state index is 0.0991. The van der Waals surface area contributed by atoms with Crippen LogP contribution in [0.25, 0.3) is 22.7 Å². The van der Waals surface area contributed by atoms with Crippen molar-refractivity contribution in [1.29, 1.82) is 0 Å². The Hall–Kier alpha value is -4.07. The molecule has 0 aliphatic heterocycles. The van der Waals surface area contributed by atoms with Crippen LogP contribution in [0.5, 0.6) is 0 Å². The number of fused-ring (bicyclic) bond motifs is 1. The molecule has 0 amide bonds. The van der Waals surface area contributed by atoms with Gasteiger partial charge in [-0.05, 0) is 49.4 Å². The van der Waals surface area contributed by atoms with Crippen molar-refractivity contribution >= 4 is 11.5 Å². The smallest absolute Gasteiger partial charge is 0.154 e. The molecule has 0 bridgehead atoms. The summed E-state index contributed by atoms with van der Waals surface area (Å²) >= 11 is 0. The zero-order valence-electron chi connectivity index (χ0n) is 16.6. The highest BCUT2D eigenvalue weighted by molar-refractivity contribution is 5.66. The fraction of sp³-hybridized carbons (Fsp3) is 0.0870. The molecule has 8 heteroatoms. The number of benzene rings is 1. The monoisotopic (exact) mass is 416 g/mol. The molecule has 0 radical (unpaired) electrons. The number of aryl methyl sites for hydroxylation is 1. The summed E-state index contributed by atoms with van der Waals surface area (Å²) in [5.41, 5.74) is 3.63. The molecule has 0 fully saturated rings. The van der Waals surface area contributed by atoms with Gasteiger partial charge in [0, 0.05) is 48.0 Å². The minimum Gasteiger partial charge on any atom is -0.364 e. The molecule has 6 nitrogen and oxygen atoms in total. The number of nitrogens with one attached hydrogen (secondary N) is 1. The van der Waals surface area contributed by atoms with Gasteiger partial charge in [-0.1, -0.05) is 6.07 Å². The van der Waals surface area contributed by atoms with Crippen molar-refractivity contribution in [2.75, 3.05) is 5.32 Å². The van der Waals surface area contributed by atoms with Crippen LogP contribution >= 0.6 is 0 Å². The Morgan fingerprint density at radius 1 is 1.03 bits per heavy atom. The molecule has 154 valence electrons. The number of rotatable bonds is 5. The third-order valence-corrected chi connectivity index (χ3v) is 4.95. The van der Waals surface area contributed by atoms with E-state index in [4.69, 9.17) is 0 Å². The molecule has 0 unspecified atom stereocenters. The summed E-state index contributed by atoms with van der Waals surface area (Å²) < 4.78 is 31.1. The first-order valence-corrected chi connectivity index (χ1v) is 9.72. The Morgan fingerprint density at radius 3 is 2.81 bits per heavy atom. The van der Waals surface area contributed by atoms with Crippen LogP contribution in [0.2, 0.25) is 0 Å². The molecule has 4 aromatic heterocycles. The van der Waals surface area contributed by atoms with Gasteiger partial charge in [-0.25, -0.2) is 23.4 Å². The van der Waals surface area contributed by atoms with Gasteiger partial charge in [0.25, 0.3) is 0 Å². The standard InChI is InChI=1S/C23H18F2N6/c1-15-3-2-4-23(28-15)31-20(16-5-8-22-26-9-10-30(22)14-16)12-21(29-31)27-13-17-11-18(24)6-7-19(17)25/h2-12,14H,13H2,1H3,(H,27,29). The van der Waals surface area contributed by atoms with Crippen molar-refractivity contribution in [2.45, 2.75) is 13.5 Å². The van der Waals surface area contributed by atoms with Gasteiger partial charge < -0.3 is 9.72 Å². The van der Waals surface area contributed by atoms with Gasteiger partial charge in [0.05, 0.1) is 5.69 Å². The van der Waals surface area contributed by atoms with Gasteiger partial charge in [0.2, 0.25) is 0 Å². The van der Waals surface area contributed by atoms with E-state index in [0.717, 1.165) is 34.7 Å². The summed E-state index contributed by atoms with van der Waals surface area (Å²) in [4.78, 5) is 8.86. The first-order chi connectivity index (χ1) is 15.1. The lowest BCUT2D eigenvalue weighted by atomic mass is 10.2. The number of hydrogen-bond acceptors (Lipinski definition) is 4. The van der Waals surface area contributed by atoms with Crippen LogP contribution in [0.1, 0.15) is 11.3 Å². The maximum Gasteiger partial charge on any atom is 0.154 e. The van der Waals surface area contributed by atoms with Crippen LogP contribution < -0.4 is 5.32 Å². The van der Waals surface area contributed by atoms with Crippen molar-refractivity contribution < 1.29 is 8.78 Å². The van der Waals surface area contributed by atoms with Crippen molar-refractivity contribution in [3.05, 3.63) is 96.1 Å². The van der Waals surface area contributed by atoms with E-state index in [9.17, 15) is 8.78 Å². The second-order valence-corrected chi connectivity index (χ2v) is 7.16. The predicted molar refractivity (Wildman–Crippen MR) is 114 cm³/mol. The minimum atomic E-state index is -0.484. The summed E-state index contributed by atoms with van der Waals surface area (Å²) in [5, 5.41) is 7.73. The van der Waals surface area contributed by atoms with E-state index < -0.39 is 11.6 Å². The van der Waals surface area contributed by atoms with Gasteiger partial charge in [0.15, 0.2) is 5.82 Å². The van der Waals surface area contributed by atoms with Crippen molar-refractivity contribution in [2.24, 2.45) is 0 Å². The molecule has 0 spiro atoms. The van der Waals surface area contributed by atoms with E-state index in [1.54, 1.807) is 10.9 Å². The van der Waals surface area contributed by atoms with E-state index in [1.165, 1.54) is 6.07 Å². The predicted octanol–water partition coefficient (Wildman–Crippen LogP) is 4.78. The van der Waals surface area contributed by atoms with Crippen molar-refractivity contribution in [3.8, 4) is 17.1 Å². The molecule has 0 aliphatic carbocycles. The normalized spacial score (nSPS) is 11.2. The highest BCUT2D eigenvalue weighted by Gasteiger charge is 2.14. The highest BCUT2D eigenvalue weighted by Crippen LogP contribution is 2.26. The molecular formula is C23H18F2N6. The molecule has 0 saturated heterocycles. The van der Waals surface area contributed by atoms with E-state index in [-0.39, 0.29) is 12.1 Å². The number of halogens is 2. The Kier molecular flexibility index (Phi) is 4.66. The molecule has 1 N–H and O–H groups in total. The lowest BCUT2D eigenvalue weighted by Crippen LogP contribution is -2.05. The maximum absolute atomic E-state index is 14.0. The molecule has 5 aromatic rings. The molecule has 0 saturated carbocycles. The second-order valence-electron chi connectivity index (χ2n) is 7.16. The Balaban J connectivity index is 1.55. The summed E-state index contributed by atoms with van der Waals surface area (Å²) in [5.74, 6) is 0.222. The molecular weight excluding hydrogens is 398 g/mol. The Bertz CT molecular complexity index is 1390. The third kappa shape index (κ3) is 3.75. The number of imidazole rings is 1. The molecule has 5 rings (SSSR count). The molecule has 31 heavy (non-hydrogen) atoms. The fourth-order valence-corrected chi connectivity index (χ4v) is 3.43. The Morgan fingerprint density at radius 2 is 1.94 bits per heavy atom. The van der Waals surface area contributed by atoms with Crippen LogP contribution in [0.4, 0.5) is 14.6 Å². The SMILES string of the molecule is Cc1cccc(-n2nc(NCc3cc(F)ccc3F)cc2-c2ccc3nccn3c2)n1. The molecule has 4 heterocycles. The van der Waals surface area contributed by atoms with Crippen molar-refractivity contribution in [1.82, 2.24) is 24.1 Å². The topological polar surface area (TPSA) is 60.0 Å². The van der Waals surface area contributed by atoms with Crippen molar-refractivity contribution in [3.63, 3.8) is 0 Å². The first kappa shape index (κ1) is 18.9. The molecule has 0 aliphatic rings. The van der Waals surface area contributed by atoms with Crippen LogP contribution in [-0.2, 0) is 6.54 Å². The summed E-state index contributed by atoms with van der Waals surface area (Å²) in [7, 11) is 0. The number of nitrogens with zero attached hydrogens (tertiary/aromatic N) is 5. The summed E-state index contributed by atoms with van der Waals surface area (Å²) in [6.45, 7) is 2.01. The van der Waals surface area contributed by atoms with Crippen LogP contribution in [-0.4, -0.2) is 24.1 Å². The first-order valence-electron chi connectivity index (χ1n) is 9.72. The molecule has 1 aromatic carbocycles. The maximum atomic E-state index is 14.0. The number of aromatic nitrogens is 5. The van der Waals surface area contributed by atoms with E-state index >= 15 is 0 Å². The van der Waals surface area contributed by atoms with Crippen LogP contribution in [0, 0.1) is 18.6 Å². The lowest BCUT2D eigenvalue weighted by molar-refractivity contribution is 0.587. The zero-order chi connectivity index (χ0) is 21.4. The second kappa shape index (κ2) is 7.64. The number of pyridine rings is 2. The zero-order valence-corrected chi connectivity index (χ0v) is 16.6. The van der Waals surface area contributed by atoms with E-state index in [0.29, 0.717) is 11.6 Å². The average Bonchev–Trinajstić information content (AvgIpc) is 3.41. The van der Waals surface area contributed by atoms with Gasteiger partial charge in [-0.2, -0.15) is 0 Å². The van der Waals surface area contributed by atoms with Gasteiger partial charge in [-0.15, -0.1) is 5.10 Å². The van der Waals surface area contributed by atoms with Gasteiger partial charge in [-0.3, -0.25) is 0 Å². The lowest BCUT2D eigenvalue weighted by Gasteiger charge is -2.08. The van der Waals surface area contributed by atoms with Gasteiger partial charge >= 0.3 is 0 Å². The summed E-state index contributed by atoms with van der Waals surface area (Å²) in [6.07, 6.45) is 5.57. The quantitative estimate of drug-likeness (QED) is 0.448. The summed E-state index contributed by atoms with van der Waals surface area (Å²) in [6, 6.07) is 14.8.